The first-order valence-corrected chi connectivity index (χ1v) is 5.26. The van der Waals surface area contributed by atoms with Gasteiger partial charge in [-0.1, -0.05) is 0 Å². The number of halogens is 1. The molecule has 0 heterocycles. The predicted octanol–water partition coefficient (Wildman–Crippen LogP) is -20.5. The standard InChI is InChI=1S/4BH3O3.BHO3.ClHO3.2Na/c6*2-1(3)4;;/h4*2-4H;2*2H;;/q;;;;-2;;2*+1. The van der Waals surface area contributed by atoms with Crippen molar-refractivity contribution in [3.8, 4) is 0 Å². The van der Waals surface area contributed by atoms with Crippen LogP contribution in [-0.4, -0.2) is 107 Å². The van der Waals surface area contributed by atoms with Crippen molar-refractivity contribution < 1.29 is 159 Å². The van der Waals surface area contributed by atoms with Crippen LogP contribution in [0.15, 0.2) is 0 Å². The number of hydrogen-bond acceptors (Lipinski definition) is 18. The van der Waals surface area contributed by atoms with Gasteiger partial charge in [-0.25, -0.2) is 0 Å². The summed E-state index contributed by atoms with van der Waals surface area (Å²) in [6, 6.07) is 0. The molecule has 18 nitrogen and oxygen atoms in total. The van der Waals surface area contributed by atoms with Crippen LogP contribution in [0.2, 0.25) is 0 Å². The first-order chi connectivity index (χ1) is 10.4. The Kier molecular flexibility index (Phi) is 89.3. The zero-order valence-electron chi connectivity index (χ0n) is 13.2. The van der Waals surface area contributed by atoms with Crippen LogP contribution in [0.1, 0.15) is 0 Å². The van der Waals surface area contributed by atoms with Crippen LogP contribution >= 0.6 is 0 Å². The summed E-state index contributed by atoms with van der Waals surface area (Å²) < 4.78 is 24.0. The summed E-state index contributed by atoms with van der Waals surface area (Å²) in [6.07, 6.45) is 0. The van der Waals surface area contributed by atoms with E-state index in [1.807, 2.05) is 0 Å². The van der Waals surface area contributed by atoms with Crippen molar-refractivity contribution in [2.45, 2.75) is 0 Å². The molecule has 0 unspecified atom stereocenters. The fraction of sp³-hybridized carbons (Fsp3) is 0. The van der Waals surface area contributed by atoms with Crippen LogP contribution < -0.4 is 78.5 Å². The maximum atomic E-state index is 8.53. The Balaban J connectivity index is -0.0000000245. The first kappa shape index (κ1) is 51.0. The van der Waals surface area contributed by atoms with Gasteiger partial charge in [0.05, 0.1) is 7.32 Å². The van der Waals surface area contributed by atoms with E-state index in [0.29, 0.717) is 0 Å². The van der Waals surface area contributed by atoms with E-state index in [2.05, 4.69) is 0 Å². The normalized spacial score (nSPS) is 6.58. The van der Waals surface area contributed by atoms with Crippen molar-refractivity contribution in [1.29, 1.82) is 0 Å². The molecule has 0 fully saturated rings. The molecule has 0 bridgehead atoms. The van der Waals surface area contributed by atoms with Gasteiger partial charge in [0.15, 0.2) is 0 Å². The van der Waals surface area contributed by atoms with Crippen LogP contribution in [0.5, 0.6) is 0 Å². The summed E-state index contributed by atoms with van der Waals surface area (Å²) in [4.78, 5) is 0. The second-order valence-corrected chi connectivity index (χ2v) is 2.30. The Bertz CT molecular complexity index is 109. The molecule has 0 saturated carbocycles. The summed E-state index contributed by atoms with van der Waals surface area (Å²) in [6.45, 7) is 0. The fourth-order valence-electron chi connectivity index (χ4n) is 0. The van der Waals surface area contributed by atoms with Gasteiger partial charge >= 0.3 is 88.4 Å². The van der Waals surface area contributed by atoms with Gasteiger partial charge in [-0.3, -0.25) is 0 Å². The molecule has 26 heteroatoms. The zero-order chi connectivity index (χ0) is 21.5. The summed E-state index contributed by atoms with van der Waals surface area (Å²) in [5, 5.41) is 110. The summed E-state index contributed by atoms with van der Waals surface area (Å²) in [5.74, 6) is 0. The molecule has 146 valence electrons. The zero-order valence-corrected chi connectivity index (χ0v) is 17.9. The molecular weight excluding hydrogens is 423 g/mol. The van der Waals surface area contributed by atoms with E-state index in [0.717, 1.165) is 0 Å². The van der Waals surface area contributed by atoms with E-state index >= 15 is 0 Å². The molecule has 0 radical (unpaired) electrons. The molecule has 0 amide bonds. The summed E-state index contributed by atoms with van der Waals surface area (Å²) >= 11 is 0. The third-order valence-corrected chi connectivity index (χ3v) is 0. The average Bonchev–Trinajstić information content (AvgIpc) is 2.08. The molecule has 0 aromatic rings. The minimum absolute atomic E-state index is 0. The topological polar surface area (TPSA) is 375 Å². The molecule has 0 saturated heterocycles. The van der Waals surface area contributed by atoms with E-state index < -0.39 is 47.4 Å². The molecule has 0 atom stereocenters. The van der Waals surface area contributed by atoms with Gasteiger partial charge in [-0.05, 0) is 0 Å². The van der Waals surface area contributed by atoms with Crippen molar-refractivity contribution in [3.05, 3.63) is 0 Å². The van der Waals surface area contributed by atoms with Gasteiger partial charge < -0.3 is 84.7 Å². The van der Waals surface area contributed by atoms with Crippen molar-refractivity contribution in [2.75, 3.05) is 0 Å². The van der Waals surface area contributed by atoms with E-state index in [1.165, 1.54) is 0 Å². The quantitative estimate of drug-likeness (QED) is 0.156. The third kappa shape index (κ3) is 4470. The van der Waals surface area contributed by atoms with Crippen molar-refractivity contribution >= 4 is 36.6 Å². The monoisotopic (exact) mass is 438 g/mol. The molecule has 14 N–H and O–H groups in total. The molecule has 0 spiro atoms. The molecule has 26 heavy (non-hydrogen) atoms. The summed E-state index contributed by atoms with van der Waals surface area (Å²) in [7, 11) is -13.9. The Morgan fingerprint density at radius 3 is 0.462 bits per heavy atom. The minimum Gasteiger partial charge on any atom is -0.871 e. The molecule has 0 aromatic carbocycles. The Morgan fingerprint density at radius 2 is 0.462 bits per heavy atom. The van der Waals surface area contributed by atoms with E-state index in [4.69, 9.17) is 89.3 Å². The fourth-order valence-corrected chi connectivity index (χ4v) is 0. The Hall–Kier alpha value is 1.89. The van der Waals surface area contributed by atoms with E-state index in [1.54, 1.807) is 0 Å². The minimum atomic E-state index is -2.67. The van der Waals surface area contributed by atoms with Crippen LogP contribution in [0, 0.1) is 10.8 Å². The van der Waals surface area contributed by atoms with Crippen molar-refractivity contribution in [3.63, 3.8) is 0 Å². The maximum absolute atomic E-state index is 8.53. The average molecular weight is 438 g/mol. The van der Waals surface area contributed by atoms with Gasteiger partial charge in [0, 0.05) is 4.66 Å². The van der Waals surface area contributed by atoms with Gasteiger partial charge in [0.1, 0.15) is 0 Å². The van der Waals surface area contributed by atoms with E-state index in [-0.39, 0.29) is 59.1 Å². The van der Waals surface area contributed by atoms with E-state index in [9.17, 15) is 0 Å². The number of hydrogen-bond donors (Lipinski definition) is 14. The van der Waals surface area contributed by atoms with Gasteiger partial charge in [0.2, 0.25) is 0 Å². The third-order valence-electron chi connectivity index (χ3n) is 0. The molecular formula is H14B5ClNa2O18. The largest absolute Gasteiger partial charge is 1.00 e. The Labute approximate surface area is 194 Å². The molecule has 0 rings (SSSR count). The van der Waals surface area contributed by atoms with Crippen LogP contribution in [0.4, 0.5) is 0 Å². The second kappa shape index (κ2) is 45.6. The van der Waals surface area contributed by atoms with Crippen molar-refractivity contribution in [2.24, 2.45) is 0 Å². The molecule has 0 aliphatic heterocycles. The second-order valence-electron chi connectivity index (χ2n) is 1.89. The predicted molar refractivity (Wildman–Crippen MR) is 59.8 cm³/mol. The SMILES string of the molecule is OB(O)O.OB(O)O.OB(O)O.OB(O)O.[Na+].[Na+].[O-]B([O-])O.[O-][Cl+2]([O-])O. The number of rotatable bonds is 0. The van der Waals surface area contributed by atoms with Crippen molar-refractivity contribution in [1.82, 2.24) is 0 Å². The van der Waals surface area contributed by atoms with Gasteiger partial charge in [-0.2, -0.15) is 0 Å². The molecule has 0 aliphatic carbocycles. The molecule has 0 aromatic heterocycles. The first-order valence-electron chi connectivity index (χ1n) is 4.31. The molecule has 0 aliphatic rings. The van der Waals surface area contributed by atoms with Crippen LogP contribution in [0.3, 0.4) is 0 Å². The van der Waals surface area contributed by atoms with Gasteiger partial charge in [-0.15, -0.1) is 0 Å². The summed E-state index contributed by atoms with van der Waals surface area (Å²) in [5.41, 5.74) is 0. The van der Waals surface area contributed by atoms with Gasteiger partial charge in [0.25, 0.3) is 10.8 Å². The maximum Gasteiger partial charge on any atom is 1.00 e. The van der Waals surface area contributed by atoms with Crippen LogP contribution in [-0.2, 0) is 0 Å². The van der Waals surface area contributed by atoms with Crippen LogP contribution in [0.25, 0.3) is 0 Å². The Morgan fingerprint density at radius 1 is 0.462 bits per heavy atom. The smallest absolute Gasteiger partial charge is 0.871 e.